The van der Waals surface area contributed by atoms with Crippen LogP contribution in [-0.4, -0.2) is 38.4 Å². The molecule has 1 aromatic carbocycles. The average molecular weight is 402 g/mol. The van der Waals surface area contributed by atoms with E-state index in [0.717, 1.165) is 18.4 Å². The first-order chi connectivity index (χ1) is 13.5. The van der Waals surface area contributed by atoms with E-state index in [-0.39, 0.29) is 17.9 Å². The molecule has 1 aromatic heterocycles. The van der Waals surface area contributed by atoms with Gasteiger partial charge in [0.25, 0.3) is 5.91 Å². The molecule has 3 rings (SSSR count). The van der Waals surface area contributed by atoms with Gasteiger partial charge in [-0.15, -0.1) is 10.2 Å². The molecule has 0 saturated heterocycles. The maximum Gasteiger partial charge on any atom is 0.252 e. The van der Waals surface area contributed by atoms with Crippen LogP contribution < -0.4 is 10.6 Å². The average Bonchev–Trinajstić information content (AvgIpc) is 3.30. The van der Waals surface area contributed by atoms with Crippen molar-refractivity contribution in [2.24, 2.45) is 7.05 Å². The van der Waals surface area contributed by atoms with Gasteiger partial charge >= 0.3 is 0 Å². The summed E-state index contributed by atoms with van der Waals surface area (Å²) >= 11 is 1.36. The third kappa shape index (κ3) is 4.92. The van der Waals surface area contributed by atoms with E-state index in [4.69, 9.17) is 0 Å². The number of hydrogen-bond acceptors (Lipinski definition) is 5. The largest absolute Gasteiger partial charge is 0.353 e. The molecular formula is C20H27N5O2S. The van der Waals surface area contributed by atoms with Gasteiger partial charge in [0, 0.05) is 18.7 Å². The summed E-state index contributed by atoms with van der Waals surface area (Å²) in [6.07, 6.45) is 4.53. The highest BCUT2D eigenvalue weighted by molar-refractivity contribution is 7.99. The zero-order chi connectivity index (χ0) is 20.1. The van der Waals surface area contributed by atoms with Crippen molar-refractivity contribution < 1.29 is 9.59 Å². The molecule has 28 heavy (non-hydrogen) atoms. The molecule has 1 aliphatic rings. The van der Waals surface area contributed by atoms with Crippen LogP contribution in [0, 0.1) is 6.92 Å². The van der Waals surface area contributed by atoms with Gasteiger partial charge in [-0.25, -0.2) is 0 Å². The first kappa shape index (κ1) is 20.4. The number of hydrogen-bond donors (Lipinski definition) is 2. The highest BCUT2D eigenvalue weighted by Crippen LogP contribution is 2.21. The number of thioether (sulfide) groups is 1. The van der Waals surface area contributed by atoms with Gasteiger partial charge in [0.2, 0.25) is 5.91 Å². The number of amides is 2. The highest BCUT2D eigenvalue weighted by Gasteiger charge is 2.21. The number of aryl methyl sites for hydroxylation is 1. The van der Waals surface area contributed by atoms with Crippen LogP contribution in [0.2, 0.25) is 0 Å². The first-order valence-electron chi connectivity index (χ1n) is 9.63. The second-order valence-electron chi connectivity index (χ2n) is 7.25. The van der Waals surface area contributed by atoms with Crippen LogP contribution in [0.5, 0.6) is 0 Å². The van der Waals surface area contributed by atoms with E-state index in [9.17, 15) is 9.59 Å². The normalized spacial score (nSPS) is 15.4. The third-order valence-corrected chi connectivity index (χ3v) is 6.07. The Morgan fingerprint density at radius 2 is 1.96 bits per heavy atom. The molecule has 150 valence electrons. The van der Waals surface area contributed by atoms with Crippen LogP contribution in [0.25, 0.3) is 0 Å². The summed E-state index contributed by atoms with van der Waals surface area (Å²) in [6, 6.07) is 7.49. The van der Waals surface area contributed by atoms with Crippen LogP contribution in [0.3, 0.4) is 0 Å². The van der Waals surface area contributed by atoms with Crippen LogP contribution >= 0.6 is 11.8 Å². The molecule has 1 atom stereocenters. The van der Waals surface area contributed by atoms with Crippen molar-refractivity contribution in [3.63, 3.8) is 0 Å². The van der Waals surface area contributed by atoms with Crippen molar-refractivity contribution in [3.05, 3.63) is 41.2 Å². The van der Waals surface area contributed by atoms with Gasteiger partial charge in [-0.05, 0) is 38.3 Å². The minimum absolute atomic E-state index is 0.0300. The topological polar surface area (TPSA) is 88.9 Å². The van der Waals surface area contributed by atoms with E-state index < -0.39 is 0 Å². The lowest BCUT2D eigenvalue weighted by molar-refractivity contribution is -0.119. The van der Waals surface area contributed by atoms with E-state index in [0.29, 0.717) is 28.3 Å². The molecule has 2 aromatic rings. The van der Waals surface area contributed by atoms with Gasteiger partial charge in [0.1, 0.15) is 0 Å². The fraction of sp³-hybridized carbons (Fsp3) is 0.500. The zero-order valence-corrected chi connectivity index (χ0v) is 17.4. The van der Waals surface area contributed by atoms with Gasteiger partial charge in [-0.1, -0.05) is 42.8 Å². The number of aromatic nitrogens is 3. The number of benzene rings is 1. The fourth-order valence-electron chi connectivity index (χ4n) is 3.47. The van der Waals surface area contributed by atoms with Crippen molar-refractivity contribution in [1.29, 1.82) is 0 Å². The second-order valence-corrected chi connectivity index (χ2v) is 8.19. The minimum Gasteiger partial charge on any atom is -0.353 e. The zero-order valence-electron chi connectivity index (χ0n) is 16.6. The third-order valence-electron chi connectivity index (χ3n) is 5.05. The van der Waals surface area contributed by atoms with Crippen molar-refractivity contribution in [2.45, 2.75) is 56.8 Å². The Kier molecular flexibility index (Phi) is 6.72. The van der Waals surface area contributed by atoms with E-state index in [1.165, 1.54) is 24.6 Å². The summed E-state index contributed by atoms with van der Waals surface area (Å²) in [6.45, 7) is 3.79. The van der Waals surface area contributed by atoms with Gasteiger partial charge in [-0.2, -0.15) is 0 Å². The van der Waals surface area contributed by atoms with E-state index in [2.05, 4.69) is 20.8 Å². The lowest BCUT2D eigenvalue weighted by atomic mass is 10.1. The standard InChI is InChI=1S/C20H27N5O2S/c1-13-8-4-7-11-16(13)19(27)21-14(2)18-23-24-20(25(18)3)28-12-17(26)22-15-9-5-6-10-15/h4,7-8,11,14-15H,5-6,9-10,12H2,1-3H3,(H,21,27)(H,22,26)/t14-/m1/s1. The summed E-state index contributed by atoms with van der Waals surface area (Å²) in [7, 11) is 1.85. The van der Waals surface area contributed by atoms with E-state index in [1.54, 1.807) is 6.07 Å². The monoisotopic (exact) mass is 401 g/mol. The molecule has 0 radical (unpaired) electrons. The van der Waals surface area contributed by atoms with E-state index >= 15 is 0 Å². The summed E-state index contributed by atoms with van der Waals surface area (Å²) in [5.41, 5.74) is 1.57. The molecule has 8 heteroatoms. The van der Waals surface area contributed by atoms with Gasteiger partial charge in [-0.3, -0.25) is 9.59 Å². The Labute approximate surface area is 169 Å². The molecular weight excluding hydrogens is 374 g/mol. The predicted molar refractivity (Wildman–Crippen MR) is 109 cm³/mol. The Morgan fingerprint density at radius 1 is 1.25 bits per heavy atom. The van der Waals surface area contributed by atoms with Crippen molar-refractivity contribution in [3.8, 4) is 0 Å². The molecule has 0 unspecified atom stereocenters. The highest BCUT2D eigenvalue weighted by atomic mass is 32.2. The predicted octanol–water partition coefficient (Wildman–Crippen LogP) is 2.77. The van der Waals surface area contributed by atoms with Crippen molar-refractivity contribution >= 4 is 23.6 Å². The van der Waals surface area contributed by atoms with Crippen LogP contribution in [0.4, 0.5) is 0 Å². The molecule has 0 bridgehead atoms. The Balaban J connectivity index is 1.56. The molecule has 0 spiro atoms. The van der Waals surface area contributed by atoms with Crippen LogP contribution in [0.15, 0.2) is 29.4 Å². The molecule has 1 fully saturated rings. The number of carbonyl (C=O) groups excluding carboxylic acids is 2. The number of rotatable bonds is 7. The first-order valence-corrected chi connectivity index (χ1v) is 10.6. The molecule has 0 aliphatic heterocycles. The number of nitrogens with zero attached hydrogens (tertiary/aromatic N) is 3. The van der Waals surface area contributed by atoms with Crippen molar-refractivity contribution in [2.75, 3.05) is 5.75 Å². The molecule has 1 aliphatic carbocycles. The summed E-state index contributed by atoms with van der Waals surface area (Å²) in [5, 5.41) is 15.1. The van der Waals surface area contributed by atoms with Gasteiger partial charge in [0.15, 0.2) is 11.0 Å². The SMILES string of the molecule is Cc1ccccc1C(=O)N[C@H](C)c1nnc(SCC(=O)NC2CCCC2)n1C. The lowest BCUT2D eigenvalue weighted by Gasteiger charge is -2.15. The second kappa shape index (κ2) is 9.23. The summed E-state index contributed by atoms with van der Waals surface area (Å²) in [5.74, 6) is 0.855. The molecule has 1 heterocycles. The molecule has 2 N–H and O–H groups in total. The number of carbonyl (C=O) groups is 2. The number of nitrogens with one attached hydrogen (secondary N) is 2. The molecule has 1 saturated carbocycles. The fourth-order valence-corrected chi connectivity index (χ4v) is 4.19. The maximum absolute atomic E-state index is 12.5. The van der Waals surface area contributed by atoms with Gasteiger partial charge in [0.05, 0.1) is 11.8 Å². The maximum atomic E-state index is 12.5. The Bertz CT molecular complexity index is 845. The Morgan fingerprint density at radius 3 is 2.68 bits per heavy atom. The Hall–Kier alpha value is -2.35. The minimum atomic E-state index is -0.300. The van der Waals surface area contributed by atoms with Crippen LogP contribution in [-0.2, 0) is 11.8 Å². The summed E-state index contributed by atoms with van der Waals surface area (Å²) < 4.78 is 1.83. The van der Waals surface area contributed by atoms with E-state index in [1.807, 2.05) is 43.7 Å². The smallest absolute Gasteiger partial charge is 0.252 e. The molecule has 2 amide bonds. The quantitative estimate of drug-likeness (QED) is 0.697. The van der Waals surface area contributed by atoms with Crippen molar-refractivity contribution in [1.82, 2.24) is 25.4 Å². The van der Waals surface area contributed by atoms with Gasteiger partial charge < -0.3 is 15.2 Å². The summed E-state index contributed by atoms with van der Waals surface area (Å²) in [4.78, 5) is 24.6. The lowest BCUT2D eigenvalue weighted by Crippen LogP contribution is -2.33. The molecule has 7 nitrogen and oxygen atoms in total. The van der Waals surface area contributed by atoms with Crippen LogP contribution in [0.1, 0.15) is 60.4 Å².